The minimum absolute atomic E-state index is 0.905. The summed E-state index contributed by atoms with van der Waals surface area (Å²) < 4.78 is 0. The molecule has 1 atom stereocenters. The van der Waals surface area contributed by atoms with Crippen molar-refractivity contribution in [2.24, 2.45) is 5.92 Å². The van der Waals surface area contributed by atoms with E-state index < -0.39 is 0 Å². The van der Waals surface area contributed by atoms with Crippen molar-refractivity contribution in [2.45, 2.75) is 44.6 Å². The van der Waals surface area contributed by atoms with Gasteiger partial charge in [0.1, 0.15) is 0 Å². The molecular weight excluding hydrogens is 122 g/mol. The van der Waals surface area contributed by atoms with Crippen LogP contribution in [0.1, 0.15) is 38.5 Å². The third-order valence-electron chi connectivity index (χ3n) is 3.07. The van der Waals surface area contributed by atoms with Crippen molar-refractivity contribution in [1.29, 1.82) is 0 Å². The number of hydrogen-bond acceptors (Lipinski definition) is 1. The fraction of sp³-hybridized carbons (Fsp3) is 1.00. The van der Waals surface area contributed by atoms with Crippen molar-refractivity contribution in [3.63, 3.8) is 0 Å². The molecule has 0 spiro atoms. The third kappa shape index (κ3) is 1.20. The van der Waals surface area contributed by atoms with Crippen molar-refractivity contribution in [2.75, 3.05) is 6.54 Å². The van der Waals surface area contributed by atoms with Crippen molar-refractivity contribution in [3.05, 3.63) is 0 Å². The molecule has 1 aliphatic carbocycles. The lowest BCUT2D eigenvalue weighted by Crippen LogP contribution is -2.28. The number of rotatable bonds is 1. The molecule has 2 rings (SSSR count). The van der Waals surface area contributed by atoms with Crippen molar-refractivity contribution < 1.29 is 0 Å². The Kier molecular flexibility index (Phi) is 1.94. The molecular formula is C9H17N. The van der Waals surface area contributed by atoms with Crippen LogP contribution in [0.5, 0.6) is 0 Å². The van der Waals surface area contributed by atoms with Gasteiger partial charge in [0.05, 0.1) is 0 Å². The van der Waals surface area contributed by atoms with Crippen LogP contribution in [-0.4, -0.2) is 12.6 Å². The van der Waals surface area contributed by atoms with Crippen LogP contribution >= 0.6 is 0 Å². The summed E-state index contributed by atoms with van der Waals surface area (Å²) in [5, 5.41) is 3.60. The molecule has 1 heteroatoms. The van der Waals surface area contributed by atoms with Crippen molar-refractivity contribution in [3.8, 4) is 0 Å². The zero-order valence-electron chi connectivity index (χ0n) is 6.60. The first kappa shape index (κ1) is 6.66. The van der Waals surface area contributed by atoms with Gasteiger partial charge in [-0.25, -0.2) is 0 Å². The van der Waals surface area contributed by atoms with Gasteiger partial charge in [-0.3, -0.25) is 0 Å². The highest BCUT2D eigenvalue weighted by molar-refractivity contribution is 4.84. The largest absolute Gasteiger partial charge is 0.314 e. The van der Waals surface area contributed by atoms with Gasteiger partial charge in [0.25, 0.3) is 0 Å². The van der Waals surface area contributed by atoms with E-state index in [-0.39, 0.29) is 0 Å². The maximum absolute atomic E-state index is 3.60. The van der Waals surface area contributed by atoms with E-state index in [9.17, 15) is 0 Å². The molecule has 0 bridgehead atoms. The lowest BCUT2D eigenvalue weighted by molar-refractivity contribution is 0.399. The van der Waals surface area contributed by atoms with Crippen LogP contribution in [0.4, 0.5) is 0 Å². The predicted octanol–water partition coefficient (Wildman–Crippen LogP) is 1.93. The predicted molar refractivity (Wildman–Crippen MR) is 43.0 cm³/mol. The van der Waals surface area contributed by atoms with Gasteiger partial charge in [0.15, 0.2) is 0 Å². The highest BCUT2D eigenvalue weighted by Crippen LogP contribution is 2.30. The number of nitrogens with one attached hydrogen (secondary N) is 1. The smallest absolute Gasteiger partial charge is 0.00957 e. The van der Waals surface area contributed by atoms with Crippen LogP contribution < -0.4 is 5.32 Å². The summed E-state index contributed by atoms with van der Waals surface area (Å²) in [6.07, 6.45) is 8.84. The van der Waals surface area contributed by atoms with Crippen LogP contribution in [0.2, 0.25) is 0 Å². The zero-order valence-corrected chi connectivity index (χ0v) is 6.60. The van der Waals surface area contributed by atoms with Gasteiger partial charge >= 0.3 is 0 Å². The fourth-order valence-corrected chi connectivity index (χ4v) is 2.47. The molecule has 1 saturated carbocycles. The average Bonchev–Trinajstić information content (AvgIpc) is 2.59. The van der Waals surface area contributed by atoms with E-state index >= 15 is 0 Å². The summed E-state index contributed by atoms with van der Waals surface area (Å²) in [7, 11) is 0. The van der Waals surface area contributed by atoms with Gasteiger partial charge in [-0.05, 0) is 38.1 Å². The van der Waals surface area contributed by atoms with E-state index in [1.165, 1.54) is 45.1 Å². The Morgan fingerprint density at radius 1 is 0.900 bits per heavy atom. The van der Waals surface area contributed by atoms with Gasteiger partial charge in [-0.1, -0.05) is 12.8 Å². The van der Waals surface area contributed by atoms with Gasteiger partial charge in [0, 0.05) is 6.04 Å². The zero-order chi connectivity index (χ0) is 6.81. The maximum Gasteiger partial charge on any atom is 0.00957 e. The molecule has 1 saturated heterocycles. The Morgan fingerprint density at radius 2 is 1.70 bits per heavy atom. The second-order valence-corrected chi connectivity index (χ2v) is 3.75. The first-order valence-electron chi connectivity index (χ1n) is 4.70. The van der Waals surface area contributed by atoms with Crippen molar-refractivity contribution in [1.82, 2.24) is 5.32 Å². The Hall–Kier alpha value is -0.0400. The molecule has 0 aromatic heterocycles. The van der Waals surface area contributed by atoms with Gasteiger partial charge < -0.3 is 5.32 Å². The summed E-state index contributed by atoms with van der Waals surface area (Å²) in [4.78, 5) is 0. The second kappa shape index (κ2) is 2.91. The summed E-state index contributed by atoms with van der Waals surface area (Å²) in [6, 6.07) is 0.905. The molecule has 1 aliphatic heterocycles. The summed E-state index contributed by atoms with van der Waals surface area (Å²) in [5.74, 6) is 1.04. The molecule has 0 aromatic rings. The maximum atomic E-state index is 3.60. The molecule has 0 radical (unpaired) electrons. The monoisotopic (exact) mass is 139 g/mol. The molecule has 58 valence electrons. The third-order valence-corrected chi connectivity index (χ3v) is 3.07. The molecule has 0 amide bonds. The van der Waals surface area contributed by atoms with Crippen molar-refractivity contribution >= 4 is 0 Å². The van der Waals surface area contributed by atoms with Gasteiger partial charge in [-0.15, -0.1) is 0 Å². The summed E-state index contributed by atoms with van der Waals surface area (Å²) >= 11 is 0. The Bertz CT molecular complexity index is 85.3. The highest BCUT2D eigenvalue weighted by Gasteiger charge is 2.26. The molecule has 2 fully saturated rings. The Morgan fingerprint density at radius 3 is 2.30 bits per heavy atom. The minimum atomic E-state index is 0.905. The SMILES string of the molecule is C1CCC([C@H]2CCCN2)C1. The minimum Gasteiger partial charge on any atom is -0.314 e. The lowest BCUT2D eigenvalue weighted by Gasteiger charge is -2.17. The first-order chi connectivity index (χ1) is 4.97. The van der Waals surface area contributed by atoms with Crippen LogP contribution in [-0.2, 0) is 0 Å². The topological polar surface area (TPSA) is 12.0 Å². The number of hydrogen-bond donors (Lipinski definition) is 1. The Labute approximate surface area is 63.2 Å². The summed E-state index contributed by atoms with van der Waals surface area (Å²) in [6.45, 7) is 1.28. The van der Waals surface area contributed by atoms with E-state index in [1.54, 1.807) is 0 Å². The highest BCUT2D eigenvalue weighted by atomic mass is 14.9. The average molecular weight is 139 g/mol. The van der Waals surface area contributed by atoms with E-state index in [2.05, 4.69) is 5.32 Å². The molecule has 1 nitrogen and oxygen atoms in total. The summed E-state index contributed by atoms with van der Waals surface area (Å²) in [5.41, 5.74) is 0. The van der Waals surface area contributed by atoms with E-state index in [0.717, 1.165) is 12.0 Å². The molecule has 1 N–H and O–H groups in total. The Balaban J connectivity index is 1.85. The van der Waals surface area contributed by atoms with Gasteiger partial charge in [-0.2, -0.15) is 0 Å². The standard InChI is InChI=1S/C9H17N/c1-2-5-8(4-1)9-6-3-7-10-9/h8-10H,1-7H2/t9-/m1/s1. The van der Waals surface area contributed by atoms with E-state index in [0.29, 0.717) is 0 Å². The van der Waals surface area contributed by atoms with E-state index in [4.69, 9.17) is 0 Å². The first-order valence-corrected chi connectivity index (χ1v) is 4.70. The molecule has 0 unspecified atom stereocenters. The van der Waals surface area contributed by atoms with E-state index in [1.807, 2.05) is 0 Å². The molecule has 0 aromatic carbocycles. The fourth-order valence-electron chi connectivity index (χ4n) is 2.47. The molecule has 10 heavy (non-hydrogen) atoms. The van der Waals surface area contributed by atoms with Crippen LogP contribution in [0.15, 0.2) is 0 Å². The second-order valence-electron chi connectivity index (χ2n) is 3.75. The molecule has 1 heterocycles. The van der Waals surface area contributed by atoms with Gasteiger partial charge in [0.2, 0.25) is 0 Å². The normalized spacial score (nSPS) is 35.4. The molecule has 2 aliphatic rings. The van der Waals surface area contributed by atoms with Crippen LogP contribution in [0.25, 0.3) is 0 Å². The van der Waals surface area contributed by atoms with Crippen LogP contribution in [0.3, 0.4) is 0 Å². The quantitative estimate of drug-likeness (QED) is 0.585. The van der Waals surface area contributed by atoms with Crippen LogP contribution in [0, 0.1) is 5.92 Å². The lowest BCUT2D eigenvalue weighted by atomic mass is 9.97.